The average Bonchev–Trinajstić information content (AvgIpc) is 2.36. The molecule has 2 rings (SSSR count). The molecule has 0 atom stereocenters. The number of fused-ring (bicyclic) bond motifs is 1. The van der Waals surface area contributed by atoms with Gasteiger partial charge in [-0.2, -0.15) is 0 Å². The molecule has 0 fully saturated rings. The van der Waals surface area contributed by atoms with Crippen molar-refractivity contribution in [3.05, 3.63) is 45.3 Å². The van der Waals surface area contributed by atoms with Crippen LogP contribution in [-0.4, -0.2) is 5.91 Å². The molecular formula is C17H21NO3. The van der Waals surface area contributed by atoms with Crippen molar-refractivity contribution >= 4 is 16.9 Å². The molecule has 1 aromatic heterocycles. The van der Waals surface area contributed by atoms with Crippen molar-refractivity contribution in [2.24, 2.45) is 5.41 Å². The zero-order chi connectivity index (χ0) is 15.8. The third kappa shape index (κ3) is 3.32. The molecule has 4 nitrogen and oxygen atoms in total. The van der Waals surface area contributed by atoms with Gasteiger partial charge in [-0.25, -0.2) is 4.79 Å². The molecule has 1 heterocycles. The Morgan fingerprint density at radius 1 is 1.14 bits per heavy atom. The summed E-state index contributed by atoms with van der Waals surface area (Å²) in [5, 5.41) is 3.74. The van der Waals surface area contributed by atoms with E-state index in [-0.39, 0.29) is 5.91 Å². The summed E-state index contributed by atoms with van der Waals surface area (Å²) >= 11 is 0. The molecule has 0 aliphatic heterocycles. The molecule has 0 aliphatic rings. The van der Waals surface area contributed by atoms with E-state index in [1.165, 1.54) is 6.07 Å². The van der Waals surface area contributed by atoms with Crippen molar-refractivity contribution in [3.8, 4) is 0 Å². The number of nitrogens with one attached hydrogen (secondary N) is 1. The van der Waals surface area contributed by atoms with E-state index in [1.807, 2.05) is 46.8 Å². The van der Waals surface area contributed by atoms with Crippen LogP contribution in [0, 0.1) is 19.3 Å². The highest BCUT2D eigenvalue weighted by molar-refractivity contribution is 5.84. The summed E-state index contributed by atoms with van der Waals surface area (Å²) in [5.74, 6) is -0.0484. The molecular weight excluding hydrogens is 266 g/mol. The number of aryl methyl sites for hydroxylation is 2. The topological polar surface area (TPSA) is 59.3 Å². The Bertz CT molecular complexity index is 751. The maximum Gasteiger partial charge on any atom is 0.336 e. The summed E-state index contributed by atoms with van der Waals surface area (Å²) in [6.45, 7) is 9.87. The van der Waals surface area contributed by atoms with E-state index in [4.69, 9.17) is 4.42 Å². The highest BCUT2D eigenvalue weighted by Crippen LogP contribution is 2.22. The third-order valence-corrected chi connectivity index (χ3v) is 3.57. The molecule has 112 valence electrons. The van der Waals surface area contributed by atoms with Crippen LogP contribution in [0.3, 0.4) is 0 Å². The van der Waals surface area contributed by atoms with Gasteiger partial charge in [0.25, 0.3) is 0 Å². The largest absolute Gasteiger partial charge is 0.423 e. The predicted octanol–water partition coefficient (Wildman–Crippen LogP) is 3.07. The Balaban J connectivity index is 2.42. The minimum Gasteiger partial charge on any atom is -0.423 e. The van der Waals surface area contributed by atoms with Crippen molar-refractivity contribution in [2.75, 3.05) is 0 Å². The second kappa shape index (κ2) is 5.35. The second-order valence-electron chi connectivity index (χ2n) is 6.46. The van der Waals surface area contributed by atoms with Crippen LogP contribution >= 0.6 is 0 Å². The van der Waals surface area contributed by atoms with Gasteiger partial charge in [-0.3, -0.25) is 4.79 Å². The van der Waals surface area contributed by atoms with E-state index in [1.54, 1.807) is 0 Å². The number of carbonyl (C=O) groups excluding carboxylic acids is 1. The van der Waals surface area contributed by atoms with Crippen molar-refractivity contribution in [2.45, 2.75) is 41.2 Å². The van der Waals surface area contributed by atoms with Gasteiger partial charge in [0, 0.05) is 23.4 Å². The zero-order valence-electron chi connectivity index (χ0n) is 13.2. The highest BCUT2D eigenvalue weighted by atomic mass is 16.4. The van der Waals surface area contributed by atoms with Crippen LogP contribution in [0.25, 0.3) is 11.0 Å². The van der Waals surface area contributed by atoms with Gasteiger partial charge in [0.05, 0.1) is 0 Å². The van der Waals surface area contributed by atoms with Crippen LogP contribution in [0.4, 0.5) is 0 Å². The first kappa shape index (κ1) is 15.3. The summed E-state index contributed by atoms with van der Waals surface area (Å²) in [4.78, 5) is 23.6. The summed E-state index contributed by atoms with van der Waals surface area (Å²) in [6, 6.07) is 5.30. The maximum atomic E-state index is 12.0. The van der Waals surface area contributed by atoms with Gasteiger partial charge in [0.1, 0.15) is 5.58 Å². The SMILES string of the molecule is Cc1cc2oc(=O)cc(CNC(=O)C(C)(C)C)c2cc1C. The summed E-state index contributed by atoms with van der Waals surface area (Å²) < 4.78 is 5.24. The Hall–Kier alpha value is -2.10. The highest BCUT2D eigenvalue weighted by Gasteiger charge is 2.21. The van der Waals surface area contributed by atoms with Crippen LogP contribution in [0.1, 0.15) is 37.5 Å². The lowest BCUT2D eigenvalue weighted by Crippen LogP contribution is -2.34. The number of hydrogen-bond acceptors (Lipinski definition) is 3. The lowest BCUT2D eigenvalue weighted by molar-refractivity contribution is -0.128. The van der Waals surface area contributed by atoms with Gasteiger partial charge in [0.2, 0.25) is 5.91 Å². The molecule has 2 aromatic rings. The molecule has 1 N–H and O–H groups in total. The van der Waals surface area contributed by atoms with Crippen molar-refractivity contribution in [1.82, 2.24) is 5.32 Å². The number of rotatable bonds is 2. The number of hydrogen-bond donors (Lipinski definition) is 1. The predicted molar refractivity (Wildman–Crippen MR) is 83.3 cm³/mol. The fourth-order valence-corrected chi connectivity index (χ4v) is 2.07. The number of amides is 1. The minimum atomic E-state index is -0.457. The van der Waals surface area contributed by atoms with Crippen molar-refractivity contribution in [1.29, 1.82) is 0 Å². The van der Waals surface area contributed by atoms with Crippen LogP contribution in [0.15, 0.2) is 27.4 Å². The molecule has 4 heteroatoms. The molecule has 0 spiro atoms. The summed E-state index contributed by atoms with van der Waals surface area (Å²) in [5.41, 5.74) is 2.68. The Kier molecular flexibility index (Phi) is 3.90. The molecule has 0 unspecified atom stereocenters. The monoisotopic (exact) mass is 287 g/mol. The van der Waals surface area contributed by atoms with Gasteiger partial charge in [-0.05, 0) is 42.7 Å². The zero-order valence-corrected chi connectivity index (χ0v) is 13.2. The normalized spacial score (nSPS) is 11.7. The average molecular weight is 287 g/mol. The molecule has 0 saturated carbocycles. The molecule has 0 saturated heterocycles. The van der Waals surface area contributed by atoms with E-state index in [0.29, 0.717) is 12.1 Å². The maximum absolute atomic E-state index is 12.0. The smallest absolute Gasteiger partial charge is 0.336 e. The Labute approximate surface area is 124 Å². The lowest BCUT2D eigenvalue weighted by Gasteiger charge is -2.18. The molecule has 1 aromatic carbocycles. The van der Waals surface area contributed by atoms with Gasteiger partial charge >= 0.3 is 5.63 Å². The molecule has 1 amide bonds. The van der Waals surface area contributed by atoms with Gasteiger partial charge < -0.3 is 9.73 Å². The second-order valence-corrected chi connectivity index (χ2v) is 6.46. The van der Waals surface area contributed by atoms with E-state index in [2.05, 4.69) is 5.32 Å². The van der Waals surface area contributed by atoms with Gasteiger partial charge in [-0.1, -0.05) is 20.8 Å². The van der Waals surface area contributed by atoms with E-state index in [0.717, 1.165) is 22.1 Å². The van der Waals surface area contributed by atoms with Crippen LogP contribution < -0.4 is 10.9 Å². The minimum absolute atomic E-state index is 0.0484. The molecule has 0 radical (unpaired) electrons. The molecule has 0 aliphatic carbocycles. The Morgan fingerprint density at radius 2 is 1.76 bits per heavy atom. The number of benzene rings is 1. The first-order valence-corrected chi connectivity index (χ1v) is 7.01. The third-order valence-electron chi connectivity index (χ3n) is 3.57. The Morgan fingerprint density at radius 3 is 2.38 bits per heavy atom. The molecule has 0 bridgehead atoms. The standard InChI is InChI=1S/C17H21NO3/c1-10-6-13-12(9-18-16(20)17(3,4)5)8-15(19)21-14(13)7-11(10)2/h6-8H,9H2,1-5H3,(H,18,20). The lowest BCUT2D eigenvalue weighted by atomic mass is 9.95. The van der Waals surface area contributed by atoms with Crippen LogP contribution in [-0.2, 0) is 11.3 Å². The number of carbonyl (C=O) groups is 1. The van der Waals surface area contributed by atoms with Crippen molar-refractivity contribution in [3.63, 3.8) is 0 Å². The van der Waals surface area contributed by atoms with Crippen LogP contribution in [0.5, 0.6) is 0 Å². The fraction of sp³-hybridized carbons (Fsp3) is 0.412. The molecule has 21 heavy (non-hydrogen) atoms. The van der Waals surface area contributed by atoms with E-state index in [9.17, 15) is 9.59 Å². The van der Waals surface area contributed by atoms with Gasteiger partial charge in [0.15, 0.2) is 0 Å². The fourth-order valence-electron chi connectivity index (χ4n) is 2.07. The van der Waals surface area contributed by atoms with Crippen molar-refractivity contribution < 1.29 is 9.21 Å². The first-order chi connectivity index (χ1) is 9.68. The van der Waals surface area contributed by atoms with Crippen LogP contribution in [0.2, 0.25) is 0 Å². The first-order valence-electron chi connectivity index (χ1n) is 7.01. The van der Waals surface area contributed by atoms with E-state index >= 15 is 0 Å². The quantitative estimate of drug-likeness (QED) is 0.864. The van der Waals surface area contributed by atoms with Gasteiger partial charge in [-0.15, -0.1) is 0 Å². The van der Waals surface area contributed by atoms with E-state index < -0.39 is 11.0 Å². The summed E-state index contributed by atoms with van der Waals surface area (Å²) in [7, 11) is 0. The summed E-state index contributed by atoms with van der Waals surface area (Å²) in [6.07, 6.45) is 0.